The molecule has 2 heterocycles. The highest BCUT2D eigenvalue weighted by Crippen LogP contribution is 2.38. The lowest BCUT2D eigenvalue weighted by molar-refractivity contribution is 0.203. The maximum atomic E-state index is 5.99. The number of halogens is 1. The molecule has 0 N–H and O–H groups in total. The van der Waals surface area contributed by atoms with Crippen molar-refractivity contribution < 1.29 is 0 Å². The third kappa shape index (κ3) is 1.45. The number of hydrogen-bond donors (Lipinski definition) is 0. The topological polar surface area (TPSA) is 29.0 Å². The Bertz CT molecular complexity index is 341. The van der Waals surface area contributed by atoms with Crippen molar-refractivity contribution in [1.29, 1.82) is 0 Å². The van der Waals surface area contributed by atoms with Crippen molar-refractivity contribution >= 4 is 23.1 Å². The minimum Gasteiger partial charge on any atom is -0.294 e. The number of hydrogen-bond acceptors (Lipinski definition) is 4. The molecule has 3 nitrogen and oxygen atoms in total. The van der Waals surface area contributed by atoms with E-state index in [1.54, 1.807) is 0 Å². The van der Waals surface area contributed by atoms with Gasteiger partial charge in [0.1, 0.15) is 10.0 Å². The van der Waals surface area contributed by atoms with Crippen molar-refractivity contribution in [3.8, 4) is 0 Å². The normalized spacial score (nSPS) is 31.5. The lowest BCUT2D eigenvalue weighted by atomic mass is 10.1. The molecule has 1 aliphatic heterocycles. The van der Waals surface area contributed by atoms with E-state index in [-0.39, 0.29) is 0 Å². The van der Waals surface area contributed by atoms with Gasteiger partial charge in [-0.3, -0.25) is 4.90 Å². The Morgan fingerprint density at radius 2 is 2.43 bits per heavy atom. The third-order valence-electron chi connectivity index (χ3n) is 3.38. The van der Waals surface area contributed by atoms with Crippen molar-refractivity contribution in [3.63, 3.8) is 0 Å². The monoisotopic (exact) mass is 229 g/mol. The van der Waals surface area contributed by atoms with Crippen LogP contribution in [0.15, 0.2) is 0 Å². The standard InChI is InChI=1S/C9H12ClN3S/c10-9-8(11-12-14-9)5-13-4-6-1-2-7(13)3-6/h6-7H,1-5H2. The second kappa shape index (κ2) is 3.43. The van der Waals surface area contributed by atoms with Crippen LogP contribution in [0.4, 0.5) is 0 Å². The molecule has 0 radical (unpaired) electrons. The number of piperidine rings is 1. The molecule has 0 spiro atoms. The van der Waals surface area contributed by atoms with Crippen LogP contribution < -0.4 is 0 Å². The Morgan fingerprint density at radius 1 is 1.50 bits per heavy atom. The van der Waals surface area contributed by atoms with E-state index in [4.69, 9.17) is 11.6 Å². The van der Waals surface area contributed by atoms with Gasteiger partial charge in [-0.1, -0.05) is 16.1 Å². The predicted molar refractivity (Wildman–Crippen MR) is 56.5 cm³/mol. The summed E-state index contributed by atoms with van der Waals surface area (Å²) < 4.78 is 4.62. The van der Waals surface area contributed by atoms with Crippen LogP contribution in [0.25, 0.3) is 0 Å². The predicted octanol–water partition coefficient (Wildman–Crippen LogP) is 2.18. The van der Waals surface area contributed by atoms with Crippen LogP contribution in [-0.2, 0) is 6.54 Å². The quantitative estimate of drug-likeness (QED) is 0.779. The Kier molecular flexibility index (Phi) is 2.22. The van der Waals surface area contributed by atoms with Gasteiger partial charge in [-0.05, 0) is 25.2 Å². The molecule has 0 amide bonds. The fraction of sp³-hybridized carbons (Fsp3) is 0.778. The maximum Gasteiger partial charge on any atom is 0.138 e. The molecular formula is C9H12ClN3S. The Labute approximate surface area is 92.2 Å². The number of nitrogens with zero attached hydrogens (tertiary/aromatic N) is 3. The van der Waals surface area contributed by atoms with Gasteiger partial charge in [-0.2, -0.15) is 0 Å². The van der Waals surface area contributed by atoms with E-state index in [1.807, 2.05) is 0 Å². The van der Waals surface area contributed by atoms with Crippen LogP contribution in [-0.4, -0.2) is 27.1 Å². The minimum absolute atomic E-state index is 0.757. The third-order valence-corrected chi connectivity index (χ3v) is 4.37. The van der Waals surface area contributed by atoms with Crippen LogP contribution in [0.1, 0.15) is 25.0 Å². The van der Waals surface area contributed by atoms with Gasteiger partial charge in [0.2, 0.25) is 0 Å². The van der Waals surface area contributed by atoms with E-state index in [1.165, 1.54) is 37.3 Å². The first-order chi connectivity index (χ1) is 6.83. The van der Waals surface area contributed by atoms with Crippen molar-refractivity contribution in [1.82, 2.24) is 14.5 Å². The summed E-state index contributed by atoms with van der Waals surface area (Å²) in [5, 5.41) is 4.06. The average molecular weight is 230 g/mol. The lowest BCUT2D eigenvalue weighted by Gasteiger charge is -2.25. The zero-order valence-electron chi connectivity index (χ0n) is 7.82. The van der Waals surface area contributed by atoms with Crippen molar-refractivity contribution in [2.24, 2.45) is 5.92 Å². The smallest absolute Gasteiger partial charge is 0.138 e. The number of likely N-dealkylation sites (tertiary alicyclic amines) is 1. The van der Waals surface area contributed by atoms with Gasteiger partial charge >= 0.3 is 0 Å². The number of rotatable bonds is 2. The van der Waals surface area contributed by atoms with Gasteiger partial charge in [0.25, 0.3) is 0 Å². The highest BCUT2D eigenvalue weighted by atomic mass is 35.5. The molecule has 2 aliphatic rings. The van der Waals surface area contributed by atoms with Gasteiger partial charge < -0.3 is 0 Å². The van der Waals surface area contributed by atoms with Gasteiger partial charge in [0.15, 0.2) is 0 Å². The van der Waals surface area contributed by atoms with Crippen LogP contribution in [0.3, 0.4) is 0 Å². The average Bonchev–Trinajstić information content (AvgIpc) is 2.83. The van der Waals surface area contributed by atoms with E-state index < -0.39 is 0 Å². The molecule has 14 heavy (non-hydrogen) atoms. The van der Waals surface area contributed by atoms with Crippen molar-refractivity contribution in [2.75, 3.05) is 6.54 Å². The molecule has 1 saturated carbocycles. The highest BCUT2D eigenvalue weighted by Gasteiger charge is 2.37. The molecular weight excluding hydrogens is 218 g/mol. The summed E-state index contributed by atoms with van der Waals surface area (Å²) in [6.45, 7) is 2.13. The second-order valence-electron chi connectivity index (χ2n) is 4.26. The summed E-state index contributed by atoms with van der Waals surface area (Å²) in [4.78, 5) is 2.51. The van der Waals surface area contributed by atoms with Gasteiger partial charge in [0, 0.05) is 30.7 Å². The summed E-state index contributed by atoms with van der Waals surface area (Å²) in [6.07, 6.45) is 4.17. The van der Waals surface area contributed by atoms with E-state index in [9.17, 15) is 0 Å². The molecule has 1 aromatic heterocycles. The lowest BCUT2D eigenvalue weighted by Crippen LogP contribution is -2.31. The second-order valence-corrected chi connectivity index (χ2v) is 5.61. The largest absolute Gasteiger partial charge is 0.294 e. The summed E-state index contributed by atoms with van der Waals surface area (Å²) in [5.41, 5.74) is 0.962. The van der Waals surface area contributed by atoms with E-state index in [0.717, 1.165) is 28.5 Å². The molecule has 2 fully saturated rings. The van der Waals surface area contributed by atoms with E-state index in [2.05, 4.69) is 14.5 Å². The Balaban J connectivity index is 1.71. The molecule has 76 valence electrons. The maximum absolute atomic E-state index is 5.99. The first-order valence-corrected chi connectivity index (χ1v) is 6.19. The van der Waals surface area contributed by atoms with Crippen LogP contribution in [0.5, 0.6) is 0 Å². The molecule has 3 rings (SSSR count). The van der Waals surface area contributed by atoms with Gasteiger partial charge in [0.05, 0.1) is 0 Å². The molecule has 2 atom stereocenters. The molecule has 5 heteroatoms. The first-order valence-electron chi connectivity index (χ1n) is 5.03. The van der Waals surface area contributed by atoms with Crippen molar-refractivity contribution in [2.45, 2.75) is 31.8 Å². The summed E-state index contributed by atoms with van der Waals surface area (Å²) >= 11 is 7.27. The fourth-order valence-electron chi connectivity index (χ4n) is 2.70. The summed E-state index contributed by atoms with van der Waals surface area (Å²) in [6, 6.07) is 0.790. The van der Waals surface area contributed by atoms with Crippen LogP contribution in [0, 0.1) is 5.92 Å². The summed E-state index contributed by atoms with van der Waals surface area (Å²) in [5.74, 6) is 0.936. The molecule has 2 unspecified atom stereocenters. The van der Waals surface area contributed by atoms with E-state index >= 15 is 0 Å². The number of fused-ring (bicyclic) bond motifs is 2. The Morgan fingerprint density at radius 3 is 3.00 bits per heavy atom. The first kappa shape index (κ1) is 9.07. The molecule has 0 aromatic carbocycles. The molecule has 1 saturated heterocycles. The zero-order valence-corrected chi connectivity index (χ0v) is 9.39. The Hall–Kier alpha value is -0.190. The van der Waals surface area contributed by atoms with Crippen molar-refractivity contribution in [3.05, 3.63) is 10.0 Å². The zero-order chi connectivity index (χ0) is 9.54. The highest BCUT2D eigenvalue weighted by molar-refractivity contribution is 7.10. The van der Waals surface area contributed by atoms with Gasteiger partial charge in [-0.15, -0.1) is 5.10 Å². The minimum atomic E-state index is 0.757. The van der Waals surface area contributed by atoms with Crippen LogP contribution in [0.2, 0.25) is 4.34 Å². The van der Waals surface area contributed by atoms with Gasteiger partial charge in [-0.25, -0.2) is 0 Å². The number of aromatic nitrogens is 2. The van der Waals surface area contributed by atoms with Crippen LogP contribution >= 0.6 is 23.1 Å². The molecule has 1 aromatic rings. The fourth-order valence-corrected chi connectivity index (χ4v) is 3.32. The van der Waals surface area contributed by atoms with E-state index in [0.29, 0.717) is 0 Å². The molecule has 2 bridgehead atoms. The SMILES string of the molecule is Clc1snnc1CN1CC2CCC1C2. The summed E-state index contributed by atoms with van der Waals surface area (Å²) in [7, 11) is 0. The molecule has 1 aliphatic carbocycles.